The highest BCUT2D eigenvalue weighted by Gasteiger charge is 2.31. The third-order valence-corrected chi connectivity index (χ3v) is 2.24. The molecule has 0 radical (unpaired) electrons. The molecule has 1 unspecified atom stereocenters. The summed E-state index contributed by atoms with van der Waals surface area (Å²) >= 11 is 0. The van der Waals surface area contributed by atoms with Crippen LogP contribution in [-0.4, -0.2) is 29.2 Å². The first-order valence-corrected chi connectivity index (χ1v) is 4.23. The van der Waals surface area contributed by atoms with Gasteiger partial charge < -0.3 is 14.9 Å². The van der Waals surface area contributed by atoms with Crippen LogP contribution in [-0.2, 0) is 4.74 Å². The zero-order chi connectivity index (χ0) is 8.27. The molecule has 0 spiro atoms. The Hall–Kier alpha value is -0.120. The number of aliphatic hydroxyl groups excluding tert-OH is 2. The van der Waals surface area contributed by atoms with E-state index in [1.54, 1.807) is 0 Å². The quantitative estimate of drug-likeness (QED) is 0.591. The van der Waals surface area contributed by atoms with Crippen LogP contribution in [0.5, 0.6) is 0 Å². The van der Waals surface area contributed by atoms with Crippen molar-refractivity contribution in [1.82, 2.24) is 0 Å². The second-order valence-corrected chi connectivity index (χ2v) is 3.01. The number of rotatable bonds is 3. The Morgan fingerprint density at radius 3 is 2.73 bits per heavy atom. The third-order valence-electron chi connectivity index (χ3n) is 2.24. The molecule has 1 saturated carbocycles. The summed E-state index contributed by atoms with van der Waals surface area (Å²) in [6.07, 6.45) is 1.54. The molecule has 0 aromatic carbocycles. The van der Waals surface area contributed by atoms with E-state index in [9.17, 15) is 10.2 Å². The van der Waals surface area contributed by atoms with Crippen LogP contribution in [0.15, 0.2) is 0 Å². The Kier molecular flexibility index (Phi) is 3.30. The molecule has 1 rings (SSSR count). The van der Waals surface area contributed by atoms with E-state index in [4.69, 9.17) is 4.74 Å². The van der Waals surface area contributed by atoms with Crippen LogP contribution in [0.25, 0.3) is 0 Å². The molecule has 0 bridgehead atoms. The van der Waals surface area contributed by atoms with Gasteiger partial charge in [-0.3, -0.25) is 0 Å². The van der Waals surface area contributed by atoms with Crippen LogP contribution in [0.1, 0.15) is 26.2 Å². The summed E-state index contributed by atoms with van der Waals surface area (Å²) in [6.45, 7) is 2.34. The monoisotopic (exact) mass is 160 g/mol. The summed E-state index contributed by atoms with van der Waals surface area (Å²) in [6, 6.07) is 0. The van der Waals surface area contributed by atoms with E-state index in [-0.39, 0.29) is 12.0 Å². The van der Waals surface area contributed by atoms with Gasteiger partial charge >= 0.3 is 0 Å². The lowest BCUT2D eigenvalue weighted by molar-refractivity contribution is -0.148. The third kappa shape index (κ3) is 2.15. The number of aliphatic hydroxyl groups is 2. The summed E-state index contributed by atoms with van der Waals surface area (Å²) in [5.41, 5.74) is 0. The minimum absolute atomic E-state index is 0.0602. The molecule has 66 valence electrons. The van der Waals surface area contributed by atoms with Crippen LogP contribution in [0, 0.1) is 5.92 Å². The predicted molar refractivity (Wildman–Crippen MR) is 41.0 cm³/mol. The molecular formula is C8H16O3. The van der Waals surface area contributed by atoms with Crippen LogP contribution in [0.2, 0.25) is 0 Å². The van der Waals surface area contributed by atoms with E-state index in [0.29, 0.717) is 6.61 Å². The molecule has 3 nitrogen and oxygen atoms in total. The van der Waals surface area contributed by atoms with E-state index in [2.05, 4.69) is 0 Å². The Morgan fingerprint density at radius 2 is 2.27 bits per heavy atom. The predicted octanol–water partition coefficient (Wildman–Crippen LogP) is 0.502. The van der Waals surface area contributed by atoms with E-state index in [1.165, 1.54) is 0 Å². The molecular weight excluding hydrogens is 144 g/mol. The van der Waals surface area contributed by atoms with Gasteiger partial charge in [0.15, 0.2) is 6.29 Å². The maximum absolute atomic E-state index is 9.35. The number of hydrogen-bond donors (Lipinski definition) is 2. The van der Waals surface area contributed by atoms with Crippen molar-refractivity contribution in [2.24, 2.45) is 5.92 Å². The molecule has 1 aliphatic carbocycles. The van der Waals surface area contributed by atoms with Crippen molar-refractivity contribution >= 4 is 0 Å². The zero-order valence-electron chi connectivity index (χ0n) is 6.86. The second-order valence-electron chi connectivity index (χ2n) is 3.01. The number of hydrogen-bond acceptors (Lipinski definition) is 3. The largest absolute Gasteiger partial charge is 0.393 e. The van der Waals surface area contributed by atoms with Gasteiger partial charge in [0.1, 0.15) is 0 Å². The van der Waals surface area contributed by atoms with Gasteiger partial charge in [0.2, 0.25) is 0 Å². The molecule has 0 aliphatic heterocycles. The van der Waals surface area contributed by atoms with Gasteiger partial charge in [0.25, 0.3) is 0 Å². The molecule has 0 heterocycles. The summed E-state index contributed by atoms with van der Waals surface area (Å²) in [7, 11) is 0. The Morgan fingerprint density at radius 1 is 1.55 bits per heavy atom. The molecule has 0 aromatic rings. The van der Waals surface area contributed by atoms with Crippen LogP contribution in [0.4, 0.5) is 0 Å². The zero-order valence-corrected chi connectivity index (χ0v) is 6.86. The van der Waals surface area contributed by atoms with Gasteiger partial charge in [-0.25, -0.2) is 0 Å². The molecule has 0 amide bonds. The van der Waals surface area contributed by atoms with Gasteiger partial charge in [0, 0.05) is 12.5 Å². The fourth-order valence-electron chi connectivity index (χ4n) is 1.60. The minimum Gasteiger partial charge on any atom is -0.393 e. The van der Waals surface area contributed by atoms with Crippen molar-refractivity contribution in [1.29, 1.82) is 0 Å². The number of ether oxygens (including phenoxy) is 1. The summed E-state index contributed by atoms with van der Waals surface area (Å²) in [5, 5.41) is 18.7. The van der Waals surface area contributed by atoms with Gasteiger partial charge in [-0.2, -0.15) is 0 Å². The van der Waals surface area contributed by atoms with Crippen molar-refractivity contribution in [3.63, 3.8) is 0 Å². The molecule has 11 heavy (non-hydrogen) atoms. The molecule has 3 heteroatoms. The van der Waals surface area contributed by atoms with Crippen LogP contribution < -0.4 is 0 Å². The highest BCUT2D eigenvalue weighted by molar-refractivity contribution is 4.78. The first-order chi connectivity index (χ1) is 5.25. The van der Waals surface area contributed by atoms with Gasteiger partial charge in [0.05, 0.1) is 6.10 Å². The lowest BCUT2D eigenvalue weighted by Gasteiger charge is -2.20. The molecule has 1 fully saturated rings. The fraction of sp³-hybridized carbons (Fsp3) is 1.00. The molecule has 0 aromatic heterocycles. The molecule has 1 aliphatic rings. The maximum atomic E-state index is 9.35. The Labute approximate surface area is 67.0 Å². The topological polar surface area (TPSA) is 49.7 Å². The van der Waals surface area contributed by atoms with Crippen molar-refractivity contribution < 1.29 is 14.9 Å². The van der Waals surface area contributed by atoms with E-state index < -0.39 is 6.29 Å². The average molecular weight is 160 g/mol. The summed E-state index contributed by atoms with van der Waals surface area (Å²) in [4.78, 5) is 0. The first-order valence-electron chi connectivity index (χ1n) is 4.23. The lowest BCUT2D eigenvalue weighted by Crippen LogP contribution is -2.29. The van der Waals surface area contributed by atoms with Gasteiger partial charge in [-0.1, -0.05) is 6.42 Å². The van der Waals surface area contributed by atoms with E-state index in [0.717, 1.165) is 19.3 Å². The second kappa shape index (κ2) is 4.04. The summed E-state index contributed by atoms with van der Waals surface area (Å²) < 4.78 is 4.99. The van der Waals surface area contributed by atoms with Crippen LogP contribution >= 0.6 is 0 Å². The normalized spacial score (nSPS) is 34.1. The maximum Gasteiger partial charge on any atom is 0.159 e. The highest BCUT2D eigenvalue weighted by atomic mass is 16.6. The van der Waals surface area contributed by atoms with E-state index >= 15 is 0 Å². The van der Waals surface area contributed by atoms with E-state index in [1.807, 2.05) is 6.92 Å². The molecule has 0 saturated heterocycles. The van der Waals surface area contributed by atoms with Gasteiger partial charge in [-0.15, -0.1) is 0 Å². The SMILES string of the molecule is CCOC(O)[C@@H]1CCC[C@@H]1O. The highest BCUT2D eigenvalue weighted by Crippen LogP contribution is 2.28. The van der Waals surface area contributed by atoms with Crippen molar-refractivity contribution in [3.05, 3.63) is 0 Å². The molecule has 3 atom stereocenters. The lowest BCUT2D eigenvalue weighted by atomic mass is 10.1. The van der Waals surface area contributed by atoms with Crippen molar-refractivity contribution in [2.45, 2.75) is 38.6 Å². The summed E-state index contributed by atoms with van der Waals surface area (Å²) in [5.74, 6) is -0.0602. The minimum atomic E-state index is -0.766. The first kappa shape index (κ1) is 8.97. The average Bonchev–Trinajstić information content (AvgIpc) is 2.36. The van der Waals surface area contributed by atoms with Crippen molar-refractivity contribution in [2.75, 3.05) is 6.61 Å². The van der Waals surface area contributed by atoms with Gasteiger partial charge in [-0.05, 0) is 19.8 Å². The Balaban J connectivity index is 2.33. The van der Waals surface area contributed by atoms with Crippen LogP contribution in [0.3, 0.4) is 0 Å². The molecule has 2 N–H and O–H groups in total. The standard InChI is InChI=1S/C8H16O3/c1-2-11-8(10)6-4-3-5-7(6)9/h6-10H,2-5H2,1H3/t6-,7+,8?/m1/s1. The smallest absolute Gasteiger partial charge is 0.159 e. The fourth-order valence-corrected chi connectivity index (χ4v) is 1.60. The van der Waals surface area contributed by atoms with Crippen molar-refractivity contribution in [3.8, 4) is 0 Å². The Bertz CT molecular complexity index is 116.